The van der Waals surface area contributed by atoms with E-state index in [9.17, 15) is 4.79 Å². The summed E-state index contributed by atoms with van der Waals surface area (Å²) < 4.78 is 0. The monoisotopic (exact) mass is 325 g/mol. The van der Waals surface area contributed by atoms with E-state index in [4.69, 9.17) is 10.8 Å². The number of aromatic nitrogens is 2. The number of amides is 1. The van der Waals surface area contributed by atoms with E-state index in [2.05, 4.69) is 22.1 Å². The fraction of sp³-hybridized carbons (Fsp3) is 0.421. The Kier molecular flexibility index (Phi) is 5.20. The lowest BCUT2D eigenvalue weighted by Crippen LogP contribution is -2.14. The molecule has 0 atom stereocenters. The second-order valence-corrected chi connectivity index (χ2v) is 6.51. The summed E-state index contributed by atoms with van der Waals surface area (Å²) in [7, 11) is 0. The maximum absolute atomic E-state index is 11.2. The summed E-state index contributed by atoms with van der Waals surface area (Å²) in [4.78, 5) is 19.5. The normalized spacial score (nSPS) is 20.7. The minimum atomic E-state index is -0.569. The zero-order valence-corrected chi connectivity index (χ0v) is 13.7. The third-order valence-electron chi connectivity index (χ3n) is 4.95. The largest absolute Gasteiger partial charge is 0.396 e. The van der Waals surface area contributed by atoms with Crippen molar-refractivity contribution >= 4 is 5.91 Å². The van der Waals surface area contributed by atoms with Gasteiger partial charge in [0.1, 0.15) is 5.69 Å². The predicted octanol–water partition coefficient (Wildman–Crippen LogP) is 2.90. The van der Waals surface area contributed by atoms with Gasteiger partial charge in [-0.05, 0) is 49.5 Å². The maximum Gasteiger partial charge on any atom is 0.268 e. The van der Waals surface area contributed by atoms with Gasteiger partial charge in [-0.15, -0.1) is 0 Å². The van der Waals surface area contributed by atoms with E-state index in [1.165, 1.54) is 37.4 Å². The first-order valence-corrected chi connectivity index (χ1v) is 8.50. The van der Waals surface area contributed by atoms with Crippen LogP contribution in [-0.4, -0.2) is 27.6 Å². The number of primary amides is 1. The first-order chi connectivity index (χ1) is 11.7. The van der Waals surface area contributed by atoms with Crippen LogP contribution in [0.5, 0.6) is 0 Å². The van der Waals surface area contributed by atoms with Crippen LogP contribution in [0.2, 0.25) is 0 Å². The number of aliphatic hydroxyl groups is 1. The van der Waals surface area contributed by atoms with E-state index in [0.29, 0.717) is 24.1 Å². The highest BCUT2D eigenvalue weighted by Gasteiger charge is 2.22. The highest BCUT2D eigenvalue weighted by molar-refractivity contribution is 5.90. The number of nitrogens with zero attached hydrogens (tertiary/aromatic N) is 2. The van der Waals surface area contributed by atoms with Crippen LogP contribution in [-0.2, 0) is 0 Å². The summed E-state index contributed by atoms with van der Waals surface area (Å²) in [5.41, 5.74) is 8.38. The van der Waals surface area contributed by atoms with Crippen molar-refractivity contribution in [2.75, 3.05) is 6.61 Å². The maximum atomic E-state index is 11.2. The van der Waals surface area contributed by atoms with Crippen molar-refractivity contribution in [2.45, 2.75) is 38.0 Å². The smallest absolute Gasteiger partial charge is 0.268 e. The summed E-state index contributed by atoms with van der Waals surface area (Å²) >= 11 is 0. The minimum absolute atomic E-state index is 0.179. The van der Waals surface area contributed by atoms with Crippen LogP contribution in [0.3, 0.4) is 0 Å². The molecule has 0 radical (unpaired) electrons. The van der Waals surface area contributed by atoms with Gasteiger partial charge in [-0.2, -0.15) is 0 Å². The SMILES string of the molecule is NC(=O)c1cncc(-c2ccc(C3CCC(CCO)CC3)cc2)n1. The molecule has 1 fully saturated rings. The topological polar surface area (TPSA) is 89.1 Å². The Hall–Kier alpha value is -2.27. The number of aliphatic hydroxyl groups excluding tert-OH is 1. The molecule has 5 nitrogen and oxygen atoms in total. The van der Waals surface area contributed by atoms with Crippen LogP contribution in [0.15, 0.2) is 36.7 Å². The number of carbonyl (C=O) groups excluding carboxylic acids is 1. The number of carbonyl (C=O) groups is 1. The molecule has 0 unspecified atom stereocenters. The molecule has 0 aliphatic heterocycles. The van der Waals surface area contributed by atoms with Gasteiger partial charge in [-0.3, -0.25) is 9.78 Å². The second-order valence-electron chi connectivity index (χ2n) is 6.51. The zero-order valence-electron chi connectivity index (χ0n) is 13.7. The summed E-state index contributed by atoms with van der Waals surface area (Å²) in [6.07, 6.45) is 8.70. The Balaban J connectivity index is 1.70. The van der Waals surface area contributed by atoms with Gasteiger partial charge in [0.15, 0.2) is 0 Å². The molecule has 0 bridgehead atoms. The summed E-state index contributed by atoms with van der Waals surface area (Å²) in [6, 6.07) is 8.35. The summed E-state index contributed by atoms with van der Waals surface area (Å²) in [6.45, 7) is 0.301. The molecule has 126 valence electrons. The van der Waals surface area contributed by atoms with Crippen LogP contribution >= 0.6 is 0 Å². The van der Waals surface area contributed by atoms with Gasteiger partial charge < -0.3 is 10.8 Å². The molecular weight excluding hydrogens is 302 g/mol. The molecule has 5 heteroatoms. The highest BCUT2D eigenvalue weighted by atomic mass is 16.3. The molecule has 24 heavy (non-hydrogen) atoms. The predicted molar refractivity (Wildman–Crippen MR) is 92.4 cm³/mol. The fourth-order valence-electron chi connectivity index (χ4n) is 3.52. The second kappa shape index (κ2) is 7.53. The Morgan fingerprint density at radius 2 is 1.83 bits per heavy atom. The Bertz CT molecular complexity index is 692. The molecule has 0 saturated heterocycles. The average molecular weight is 325 g/mol. The number of nitrogens with two attached hydrogens (primary N) is 1. The highest BCUT2D eigenvalue weighted by Crippen LogP contribution is 2.37. The third-order valence-corrected chi connectivity index (χ3v) is 4.95. The van der Waals surface area contributed by atoms with Gasteiger partial charge >= 0.3 is 0 Å². The van der Waals surface area contributed by atoms with Crippen LogP contribution < -0.4 is 5.73 Å². The van der Waals surface area contributed by atoms with Crippen LogP contribution in [0.1, 0.15) is 54.1 Å². The van der Waals surface area contributed by atoms with E-state index in [0.717, 1.165) is 12.0 Å². The van der Waals surface area contributed by atoms with E-state index in [-0.39, 0.29) is 5.69 Å². The lowest BCUT2D eigenvalue weighted by atomic mass is 9.77. The van der Waals surface area contributed by atoms with Gasteiger partial charge in [-0.25, -0.2) is 4.98 Å². The summed E-state index contributed by atoms with van der Waals surface area (Å²) in [5, 5.41) is 9.05. The number of rotatable bonds is 5. The quantitative estimate of drug-likeness (QED) is 0.884. The van der Waals surface area contributed by atoms with Crippen molar-refractivity contribution in [2.24, 2.45) is 11.7 Å². The lowest BCUT2D eigenvalue weighted by molar-refractivity contribution is 0.0995. The van der Waals surface area contributed by atoms with E-state index >= 15 is 0 Å². The minimum Gasteiger partial charge on any atom is -0.396 e. The molecule has 1 heterocycles. The van der Waals surface area contributed by atoms with Crippen LogP contribution in [0, 0.1) is 5.92 Å². The van der Waals surface area contributed by atoms with E-state index in [1.54, 1.807) is 6.20 Å². The Morgan fingerprint density at radius 1 is 1.12 bits per heavy atom. The number of hydrogen-bond donors (Lipinski definition) is 2. The van der Waals surface area contributed by atoms with Crippen molar-refractivity contribution < 1.29 is 9.90 Å². The standard InChI is InChI=1S/C19H23N3O2/c20-19(24)18-12-21-11-17(22-18)16-7-5-15(6-8-16)14-3-1-13(2-4-14)9-10-23/h5-8,11-14,23H,1-4,9-10H2,(H2,20,24). The van der Waals surface area contributed by atoms with Gasteiger partial charge in [-0.1, -0.05) is 24.3 Å². The lowest BCUT2D eigenvalue weighted by Gasteiger charge is -2.28. The molecule has 0 spiro atoms. The average Bonchev–Trinajstić information content (AvgIpc) is 2.63. The van der Waals surface area contributed by atoms with E-state index in [1.807, 2.05) is 12.1 Å². The third kappa shape index (κ3) is 3.79. The molecule has 3 rings (SSSR count). The molecule has 1 aromatic heterocycles. The number of benzene rings is 1. The Labute approximate surface area is 142 Å². The first-order valence-electron chi connectivity index (χ1n) is 8.50. The molecule has 1 saturated carbocycles. The molecular formula is C19H23N3O2. The summed E-state index contributed by atoms with van der Waals surface area (Å²) in [5.74, 6) is 0.704. The van der Waals surface area contributed by atoms with Crippen molar-refractivity contribution in [1.29, 1.82) is 0 Å². The van der Waals surface area contributed by atoms with Crippen molar-refractivity contribution in [3.8, 4) is 11.3 Å². The van der Waals surface area contributed by atoms with Crippen LogP contribution in [0.25, 0.3) is 11.3 Å². The number of hydrogen-bond acceptors (Lipinski definition) is 4. The van der Waals surface area contributed by atoms with Crippen molar-refractivity contribution in [3.63, 3.8) is 0 Å². The molecule has 1 aliphatic rings. The van der Waals surface area contributed by atoms with Crippen molar-refractivity contribution in [1.82, 2.24) is 9.97 Å². The fourth-order valence-corrected chi connectivity index (χ4v) is 3.52. The Morgan fingerprint density at radius 3 is 2.46 bits per heavy atom. The zero-order chi connectivity index (χ0) is 16.9. The van der Waals surface area contributed by atoms with E-state index < -0.39 is 5.91 Å². The molecule has 1 aliphatic carbocycles. The first kappa shape index (κ1) is 16.6. The molecule has 1 amide bonds. The van der Waals surface area contributed by atoms with Gasteiger partial charge in [0.25, 0.3) is 5.91 Å². The van der Waals surface area contributed by atoms with Crippen LogP contribution in [0.4, 0.5) is 0 Å². The molecule has 1 aromatic carbocycles. The van der Waals surface area contributed by atoms with Gasteiger partial charge in [0.05, 0.1) is 18.1 Å². The van der Waals surface area contributed by atoms with Crippen molar-refractivity contribution in [3.05, 3.63) is 47.9 Å². The molecule has 2 aromatic rings. The van der Waals surface area contributed by atoms with Gasteiger partial charge in [0, 0.05) is 12.2 Å². The molecule has 3 N–H and O–H groups in total. The van der Waals surface area contributed by atoms with Gasteiger partial charge in [0.2, 0.25) is 0 Å².